The van der Waals surface area contributed by atoms with Gasteiger partial charge in [0.25, 0.3) is 5.91 Å². The highest BCUT2D eigenvalue weighted by molar-refractivity contribution is 6.19. The van der Waals surface area contributed by atoms with E-state index in [1.807, 2.05) is 44.2 Å². The Morgan fingerprint density at radius 3 is 2.64 bits per heavy atom. The zero-order valence-corrected chi connectivity index (χ0v) is 27.4. The van der Waals surface area contributed by atoms with Gasteiger partial charge in [-0.25, -0.2) is 9.69 Å². The fraction of sp³-hybridized carbons (Fsp3) is 0.421. The first-order valence-electron chi connectivity index (χ1n) is 16.4. The number of carbonyl (C=O) groups excluding carboxylic acids is 2. The molecule has 9 nitrogen and oxygen atoms in total. The number of anilines is 1. The molecule has 47 heavy (non-hydrogen) atoms. The van der Waals surface area contributed by atoms with Gasteiger partial charge in [0.15, 0.2) is 0 Å². The summed E-state index contributed by atoms with van der Waals surface area (Å²) in [4.78, 5) is 27.3. The highest BCUT2D eigenvalue weighted by atomic mass is 16.7. The van der Waals surface area contributed by atoms with Crippen molar-refractivity contribution in [2.24, 2.45) is 0 Å². The summed E-state index contributed by atoms with van der Waals surface area (Å²) >= 11 is 0. The van der Waals surface area contributed by atoms with Gasteiger partial charge in [0.1, 0.15) is 5.75 Å². The number of nitrogens with zero attached hydrogens (tertiary/aromatic N) is 2. The maximum Gasteiger partial charge on any atom is 0.329 e. The Balaban J connectivity index is 1.00. The average molecular weight is 640 g/mol. The van der Waals surface area contributed by atoms with Crippen LogP contribution in [0.25, 0.3) is 0 Å². The molecule has 0 spiro atoms. The summed E-state index contributed by atoms with van der Waals surface area (Å²) in [5.41, 5.74) is 4.34. The van der Waals surface area contributed by atoms with E-state index in [2.05, 4.69) is 46.3 Å². The van der Waals surface area contributed by atoms with E-state index in [1.165, 1.54) is 5.56 Å². The fourth-order valence-corrected chi connectivity index (χ4v) is 5.68. The minimum Gasteiger partial charge on any atom is -0.463 e. The SMILES string of the molecule is CC1(C)OCc2cc([C@H](O)CN(CCCCCCOCCC#Cc3cccc(N4C(=O)CNC4=O)c3)Cc3ccccc3)ccc2O1. The van der Waals surface area contributed by atoms with Crippen LogP contribution in [0.4, 0.5) is 10.5 Å². The van der Waals surface area contributed by atoms with Gasteiger partial charge in [0.05, 0.1) is 31.5 Å². The molecule has 0 unspecified atom stereocenters. The number of aliphatic hydroxyl groups is 1. The van der Waals surface area contributed by atoms with Crippen LogP contribution in [0.3, 0.4) is 0 Å². The van der Waals surface area contributed by atoms with Crippen molar-refractivity contribution in [3.05, 3.63) is 95.1 Å². The number of unbranched alkanes of at least 4 members (excludes halogenated alkanes) is 3. The number of amides is 3. The van der Waals surface area contributed by atoms with Gasteiger partial charge < -0.3 is 24.6 Å². The molecule has 1 fully saturated rings. The van der Waals surface area contributed by atoms with Crippen LogP contribution < -0.4 is 15.0 Å². The minimum atomic E-state index is -0.643. The third kappa shape index (κ3) is 10.1. The maximum atomic E-state index is 11.9. The molecule has 2 aliphatic rings. The lowest BCUT2D eigenvalue weighted by Crippen LogP contribution is -2.35. The van der Waals surface area contributed by atoms with Crippen molar-refractivity contribution in [2.75, 3.05) is 37.7 Å². The molecule has 2 aliphatic heterocycles. The van der Waals surface area contributed by atoms with Crippen molar-refractivity contribution in [3.63, 3.8) is 0 Å². The van der Waals surface area contributed by atoms with E-state index in [0.29, 0.717) is 38.5 Å². The standard InChI is InChI=1S/C38H45N3O6/c1-38(2)46-28-32-24-31(18-19-35(32)47-38)34(42)27-40(26-30-14-6-5-7-15-30)20-9-3-4-10-21-45-22-11-8-13-29-16-12-17-33(23-29)41-36(43)25-39-37(41)44/h5-7,12,14-19,23-24,34,42H,3-4,9-11,20-22,25-28H2,1-2H3,(H,39,44)/t34-/m1/s1. The maximum absolute atomic E-state index is 11.9. The minimum absolute atomic E-state index is 0.0193. The van der Waals surface area contributed by atoms with Crippen LogP contribution >= 0.6 is 0 Å². The van der Waals surface area contributed by atoms with Crippen LogP contribution in [0, 0.1) is 11.8 Å². The first-order chi connectivity index (χ1) is 22.8. The molecule has 0 bridgehead atoms. The van der Waals surface area contributed by atoms with Crippen molar-refractivity contribution in [1.82, 2.24) is 10.2 Å². The molecule has 0 aromatic heterocycles. The van der Waals surface area contributed by atoms with Crippen molar-refractivity contribution in [1.29, 1.82) is 0 Å². The van der Waals surface area contributed by atoms with E-state index in [-0.39, 0.29) is 12.5 Å². The van der Waals surface area contributed by atoms with Gasteiger partial charge in [-0.15, -0.1) is 0 Å². The molecule has 0 saturated carbocycles. The van der Waals surface area contributed by atoms with Crippen molar-refractivity contribution >= 4 is 17.6 Å². The summed E-state index contributed by atoms with van der Waals surface area (Å²) in [6.07, 6.45) is 4.17. The highest BCUT2D eigenvalue weighted by Gasteiger charge is 2.30. The first kappa shape index (κ1) is 34.1. The van der Waals surface area contributed by atoms with E-state index < -0.39 is 17.9 Å². The van der Waals surface area contributed by atoms with Gasteiger partial charge in [0.2, 0.25) is 5.79 Å². The number of nitrogens with one attached hydrogen (secondary N) is 1. The number of fused-ring (bicyclic) bond motifs is 1. The topological polar surface area (TPSA) is 101 Å². The van der Waals surface area contributed by atoms with Gasteiger partial charge in [-0.1, -0.05) is 67.1 Å². The number of benzene rings is 3. The van der Waals surface area contributed by atoms with E-state index in [4.69, 9.17) is 14.2 Å². The highest BCUT2D eigenvalue weighted by Crippen LogP contribution is 2.33. The third-order valence-electron chi connectivity index (χ3n) is 8.15. The molecule has 3 aromatic carbocycles. The number of carbonyl (C=O) groups is 2. The number of hydrogen-bond donors (Lipinski definition) is 2. The van der Waals surface area contributed by atoms with Gasteiger partial charge in [0, 0.05) is 51.1 Å². The van der Waals surface area contributed by atoms with Crippen LogP contribution in [0.1, 0.15) is 74.3 Å². The van der Waals surface area contributed by atoms with Crippen LogP contribution in [0.5, 0.6) is 5.75 Å². The molecule has 248 valence electrons. The fourth-order valence-electron chi connectivity index (χ4n) is 5.68. The smallest absolute Gasteiger partial charge is 0.329 e. The Hall–Kier alpha value is -4.20. The van der Waals surface area contributed by atoms with E-state index >= 15 is 0 Å². The molecular formula is C38H45N3O6. The summed E-state index contributed by atoms with van der Waals surface area (Å²) in [6, 6.07) is 23.0. The number of hydrogen-bond acceptors (Lipinski definition) is 7. The molecule has 2 N–H and O–H groups in total. The summed E-state index contributed by atoms with van der Waals surface area (Å²) < 4.78 is 17.5. The second-order valence-corrected chi connectivity index (χ2v) is 12.4. The Bertz CT molecular complexity index is 1550. The molecule has 3 aromatic rings. The molecule has 3 amide bonds. The lowest BCUT2D eigenvalue weighted by Gasteiger charge is -2.33. The lowest BCUT2D eigenvalue weighted by atomic mass is 10.0. The summed E-state index contributed by atoms with van der Waals surface area (Å²) in [6.45, 7) is 7.76. The van der Waals surface area contributed by atoms with Gasteiger partial charge in [-0.2, -0.15) is 0 Å². The van der Waals surface area contributed by atoms with Gasteiger partial charge in [-0.05, 0) is 60.8 Å². The van der Waals surface area contributed by atoms with E-state index in [9.17, 15) is 14.7 Å². The molecule has 0 radical (unpaired) electrons. The summed E-state index contributed by atoms with van der Waals surface area (Å²) in [5, 5.41) is 13.7. The van der Waals surface area contributed by atoms with Crippen molar-refractivity contribution in [2.45, 2.75) is 71.0 Å². The monoisotopic (exact) mass is 639 g/mol. The number of rotatable bonds is 15. The molecule has 5 rings (SSSR count). The summed E-state index contributed by atoms with van der Waals surface area (Å²) in [5.74, 6) is 6.10. The second-order valence-electron chi connectivity index (χ2n) is 12.4. The number of aliphatic hydroxyl groups excluding tert-OH is 1. The van der Waals surface area contributed by atoms with Crippen molar-refractivity contribution in [3.8, 4) is 17.6 Å². The normalized spacial score (nSPS) is 15.9. The molecular weight excluding hydrogens is 594 g/mol. The third-order valence-corrected chi connectivity index (χ3v) is 8.15. The molecule has 0 aliphatic carbocycles. The average Bonchev–Trinajstić information content (AvgIpc) is 3.40. The molecule has 9 heteroatoms. The number of urea groups is 1. The second kappa shape index (κ2) is 16.6. The predicted octanol–water partition coefficient (Wildman–Crippen LogP) is 5.94. The largest absolute Gasteiger partial charge is 0.463 e. The lowest BCUT2D eigenvalue weighted by molar-refractivity contribution is -0.180. The number of ether oxygens (including phenoxy) is 3. The summed E-state index contributed by atoms with van der Waals surface area (Å²) in [7, 11) is 0. The first-order valence-corrected chi connectivity index (χ1v) is 16.4. The van der Waals surface area contributed by atoms with Crippen LogP contribution in [-0.4, -0.2) is 60.6 Å². The Labute approximate surface area is 277 Å². The zero-order chi connectivity index (χ0) is 33.1. The van der Waals surface area contributed by atoms with Crippen LogP contribution in [-0.2, 0) is 27.4 Å². The molecule has 1 atom stereocenters. The molecule has 1 saturated heterocycles. The van der Waals surface area contributed by atoms with Crippen molar-refractivity contribution < 1.29 is 28.9 Å². The quantitative estimate of drug-likeness (QED) is 0.121. The van der Waals surface area contributed by atoms with Gasteiger partial charge >= 0.3 is 6.03 Å². The predicted molar refractivity (Wildman–Crippen MR) is 181 cm³/mol. The van der Waals surface area contributed by atoms with Crippen LogP contribution in [0.15, 0.2) is 72.8 Å². The Kier molecular flexibility index (Phi) is 12.0. The molecule has 2 heterocycles. The Morgan fingerprint density at radius 2 is 1.83 bits per heavy atom. The Morgan fingerprint density at radius 1 is 1.00 bits per heavy atom. The van der Waals surface area contributed by atoms with Crippen LogP contribution in [0.2, 0.25) is 0 Å². The van der Waals surface area contributed by atoms with E-state index in [0.717, 1.165) is 66.1 Å². The number of imide groups is 1. The van der Waals surface area contributed by atoms with E-state index in [1.54, 1.807) is 18.2 Å². The zero-order valence-electron chi connectivity index (χ0n) is 27.4. The van der Waals surface area contributed by atoms with Gasteiger partial charge in [-0.3, -0.25) is 9.69 Å².